The van der Waals surface area contributed by atoms with Crippen molar-refractivity contribution in [3.05, 3.63) is 28.5 Å². The van der Waals surface area contributed by atoms with E-state index < -0.39 is 0 Å². The van der Waals surface area contributed by atoms with Gasteiger partial charge in [0.05, 0.1) is 12.5 Å². The molecule has 0 saturated heterocycles. The fourth-order valence-corrected chi connectivity index (χ4v) is 3.11. The van der Waals surface area contributed by atoms with E-state index in [1.54, 1.807) is 0 Å². The molecule has 0 aliphatic heterocycles. The van der Waals surface area contributed by atoms with E-state index in [9.17, 15) is 4.79 Å². The minimum atomic E-state index is -0.0423. The van der Waals surface area contributed by atoms with Crippen molar-refractivity contribution in [3.63, 3.8) is 0 Å². The number of nitrogens with zero attached hydrogens (tertiary/aromatic N) is 1. The Bertz CT molecular complexity index is 501. The first-order chi connectivity index (χ1) is 8.58. The fourth-order valence-electron chi connectivity index (χ4n) is 2.93. The van der Waals surface area contributed by atoms with E-state index in [1.807, 2.05) is 26.1 Å². The van der Waals surface area contributed by atoms with Crippen molar-refractivity contribution in [2.45, 2.75) is 26.2 Å². The number of aromatic nitrogens is 1. The van der Waals surface area contributed by atoms with E-state index in [-0.39, 0.29) is 11.9 Å². The Labute approximate surface area is 112 Å². The highest BCUT2D eigenvalue weighted by atomic mass is 35.5. The van der Waals surface area contributed by atoms with Gasteiger partial charge in [-0.25, -0.2) is 4.98 Å². The van der Waals surface area contributed by atoms with Crippen molar-refractivity contribution in [3.8, 4) is 0 Å². The molecule has 18 heavy (non-hydrogen) atoms. The first-order valence-electron chi connectivity index (χ1n) is 6.39. The third-order valence-corrected chi connectivity index (χ3v) is 4.01. The summed E-state index contributed by atoms with van der Waals surface area (Å²) in [6, 6.07) is 1.92. The van der Waals surface area contributed by atoms with Crippen molar-refractivity contribution in [2.75, 3.05) is 6.61 Å². The van der Waals surface area contributed by atoms with Gasteiger partial charge >= 0.3 is 5.97 Å². The van der Waals surface area contributed by atoms with Crippen LogP contribution in [0.1, 0.15) is 30.9 Å². The Hall–Kier alpha value is -1.09. The molecule has 1 heterocycles. The van der Waals surface area contributed by atoms with Gasteiger partial charge in [0.2, 0.25) is 0 Å². The van der Waals surface area contributed by atoms with Crippen molar-refractivity contribution in [1.82, 2.24) is 4.98 Å². The summed E-state index contributed by atoms with van der Waals surface area (Å²) in [4.78, 5) is 16.0. The molecule has 1 fully saturated rings. The number of rotatable bonds is 3. The predicted octanol–water partition coefficient (Wildman–Crippen LogP) is 2.82. The molecule has 0 aromatic carbocycles. The summed E-state index contributed by atoms with van der Waals surface area (Å²) in [5.74, 6) is 1.14. The summed E-state index contributed by atoms with van der Waals surface area (Å²) < 4.78 is 5.32. The van der Waals surface area contributed by atoms with Gasteiger partial charge in [0.1, 0.15) is 5.15 Å². The van der Waals surface area contributed by atoms with Gasteiger partial charge in [-0.3, -0.25) is 4.79 Å². The molecule has 2 aliphatic rings. The molecule has 4 heteroatoms. The summed E-state index contributed by atoms with van der Waals surface area (Å²) in [6.45, 7) is 4.60. The van der Waals surface area contributed by atoms with E-state index in [0.717, 1.165) is 6.42 Å². The van der Waals surface area contributed by atoms with E-state index in [2.05, 4.69) is 4.98 Å². The van der Waals surface area contributed by atoms with Crippen molar-refractivity contribution < 1.29 is 9.53 Å². The highest BCUT2D eigenvalue weighted by Crippen LogP contribution is 2.61. The number of carbonyl (C=O) groups is 1. The molecule has 0 spiro atoms. The van der Waals surface area contributed by atoms with Crippen LogP contribution in [0.25, 0.3) is 0 Å². The van der Waals surface area contributed by atoms with Crippen LogP contribution >= 0.6 is 11.6 Å². The van der Waals surface area contributed by atoms with Crippen LogP contribution in [0.4, 0.5) is 0 Å². The zero-order chi connectivity index (χ0) is 12.9. The zero-order valence-electron chi connectivity index (χ0n) is 10.5. The highest BCUT2D eigenvalue weighted by Gasteiger charge is 2.60. The van der Waals surface area contributed by atoms with Gasteiger partial charge in [-0.15, -0.1) is 0 Å². The van der Waals surface area contributed by atoms with Crippen molar-refractivity contribution >= 4 is 17.6 Å². The lowest BCUT2D eigenvalue weighted by atomic mass is 10.1. The van der Waals surface area contributed by atoms with Crippen LogP contribution in [0.15, 0.2) is 12.3 Å². The Balaban J connectivity index is 1.68. The third-order valence-electron chi connectivity index (χ3n) is 3.81. The van der Waals surface area contributed by atoms with Crippen molar-refractivity contribution in [1.29, 1.82) is 0 Å². The van der Waals surface area contributed by atoms with E-state index >= 15 is 0 Å². The maximum Gasteiger partial charge on any atom is 0.309 e. The maximum absolute atomic E-state index is 11.9. The number of ether oxygens (including phenoxy) is 1. The molecule has 0 N–H and O–H groups in total. The Morgan fingerprint density at radius 2 is 2.39 bits per heavy atom. The van der Waals surface area contributed by atoms with Gasteiger partial charge in [0.25, 0.3) is 0 Å². The van der Waals surface area contributed by atoms with Crippen LogP contribution in [-0.2, 0) is 16.0 Å². The van der Waals surface area contributed by atoms with Crippen molar-refractivity contribution in [2.24, 2.45) is 17.8 Å². The van der Waals surface area contributed by atoms with Gasteiger partial charge in [0.15, 0.2) is 0 Å². The average molecular weight is 266 g/mol. The van der Waals surface area contributed by atoms with E-state index in [0.29, 0.717) is 29.5 Å². The molecule has 2 aliphatic carbocycles. The normalized spacial score (nSPS) is 27.9. The standard InChI is InChI=1S/C14H16ClNO2/c1-7(2)6-18-14(17)13-9-3-8-4-11(15)16-5-10(8)12(9)13/h4-5,7,9,12-13H,3,6H2,1-2H3/t9-,12-,13+/m1/s1. The Morgan fingerprint density at radius 1 is 1.61 bits per heavy atom. The fraction of sp³-hybridized carbons (Fsp3) is 0.571. The minimum absolute atomic E-state index is 0.0423. The Morgan fingerprint density at radius 3 is 3.11 bits per heavy atom. The molecule has 1 saturated carbocycles. The average Bonchev–Trinajstić information content (AvgIpc) is 2.89. The summed E-state index contributed by atoms with van der Waals surface area (Å²) in [7, 11) is 0. The molecule has 0 radical (unpaired) electrons. The van der Waals surface area contributed by atoms with Crippen LogP contribution < -0.4 is 0 Å². The summed E-state index contributed by atoms with van der Waals surface area (Å²) in [6.07, 6.45) is 2.75. The van der Waals surface area contributed by atoms with Gasteiger partial charge < -0.3 is 4.74 Å². The minimum Gasteiger partial charge on any atom is -0.465 e. The lowest BCUT2D eigenvalue weighted by Gasteiger charge is -2.09. The lowest BCUT2D eigenvalue weighted by molar-refractivity contribution is -0.146. The van der Waals surface area contributed by atoms with Crippen LogP contribution in [0.3, 0.4) is 0 Å². The summed E-state index contributed by atoms with van der Waals surface area (Å²) in [5.41, 5.74) is 2.44. The molecule has 3 nitrogen and oxygen atoms in total. The van der Waals surface area contributed by atoms with E-state index in [1.165, 1.54) is 11.1 Å². The molecule has 1 aromatic heterocycles. The maximum atomic E-state index is 11.9. The number of fused-ring (bicyclic) bond motifs is 3. The lowest BCUT2D eigenvalue weighted by Crippen LogP contribution is -2.14. The summed E-state index contributed by atoms with van der Waals surface area (Å²) >= 11 is 5.87. The van der Waals surface area contributed by atoms with Crippen LogP contribution in [0, 0.1) is 17.8 Å². The summed E-state index contributed by atoms with van der Waals surface area (Å²) in [5, 5.41) is 0.536. The molecule has 1 aromatic rings. The first kappa shape index (κ1) is 12.0. The molecular weight excluding hydrogens is 250 g/mol. The second kappa shape index (κ2) is 4.23. The smallest absolute Gasteiger partial charge is 0.309 e. The van der Waals surface area contributed by atoms with Gasteiger partial charge in [0, 0.05) is 12.1 Å². The number of hydrogen-bond acceptors (Lipinski definition) is 3. The van der Waals surface area contributed by atoms with Gasteiger partial charge in [-0.1, -0.05) is 25.4 Å². The number of esters is 1. The number of carbonyl (C=O) groups excluding carboxylic acids is 1. The number of pyridine rings is 1. The van der Waals surface area contributed by atoms with Gasteiger partial charge in [-0.05, 0) is 35.4 Å². The van der Waals surface area contributed by atoms with E-state index in [4.69, 9.17) is 16.3 Å². The monoisotopic (exact) mass is 265 g/mol. The largest absolute Gasteiger partial charge is 0.465 e. The van der Waals surface area contributed by atoms with Crippen LogP contribution in [0.5, 0.6) is 0 Å². The van der Waals surface area contributed by atoms with Crippen LogP contribution in [0.2, 0.25) is 5.15 Å². The first-order valence-corrected chi connectivity index (χ1v) is 6.76. The molecule has 3 rings (SSSR count). The zero-order valence-corrected chi connectivity index (χ0v) is 11.3. The Kier molecular flexibility index (Phi) is 2.81. The SMILES string of the molecule is CC(C)COC(=O)[C@H]1[C@@H]2Cc3cc(Cl)ncc3[C@@H]21. The molecule has 96 valence electrons. The second-order valence-corrected chi connectivity index (χ2v) is 6.04. The molecule has 3 atom stereocenters. The second-order valence-electron chi connectivity index (χ2n) is 5.65. The quantitative estimate of drug-likeness (QED) is 0.623. The predicted molar refractivity (Wildman–Crippen MR) is 68.5 cm³/mol. The molecule has 0 unspecified atom stereocenters. The number of halogens is 1. The van der Waals surface area contributed by atoms with Gasteiger partial charge in [-0.2, -0.15) is 0 Å². The van der Waals surface area contributed by atoms with Crippen LogP contribution in [-0.4, -0.2) is 17.6 Å². The third kappa shape index (κ3) is 1.91. The molecule has 0 bridgehead atoms. The number of hydrogen-bond donors (Lipinski definition) is 0. The molecule has 0 amide bonds. The molecular formula is C14H16ClNO2. The highest BCUT2D eigenvalue weighted by molar-refractivity contribution is 6.29. The topological polar surface area (TPSA) is 39.2 Å².